The maximum atomic E-state index is 12.2. The molecule has 0 aromatic heterocycles. The van der Waals surface area contributed by atoms with Crippen molar-refractivity contribution < 1.29 is 14.3 Å². The highest BCUT2D eigenvalue weighted by Crippen LogP contribution is 2.25. The smallest absolute Gasteiger partial charge is 0.309 e. The Morgan fingerprint density at radius 2 is 1.60 bits per heavy atom. The summed E-state index contributed by atoms with van der Waals surface area (Å²) in [6, 6.07) is 16.5. The van der Waals surface area contributed by atoms with Crippen LogP contribution in [0, 0.1) is 5.92 Å². The molecule has 4 heteroatoms. The quantitative estimate of drug-likeness (QED) is 0.814. The van der Waals surface area contributed by atoms with Crippen LogP contribution in [-0.4, -0.2) is 11.9 Å². The van der Waals surface area contributed by atoms with E-state index < -0.39 is 0 Å². The fourth-order valence-corrected chi connectivity index (χ4v) is 3.09. The zero-order chi connectivity index (χ0) is 17.5. The van der Waals surface area contributed by atoms with Crippen molar-refractivity contribution in [3.8, 4) is 0 Å². The highest BCUT2D eigenvalue weighted by atomic mass is 16.5. The fourth-order valence-electron chi connectivity index (χ4n) is 3.09. The Hall–Kier alpha value is -2.62. The monoisotopic (exact) mass is 337 g/mol. The molecule has 25 heavy (non-hydrogen) atoms. The number of rotatable bonds is 5. The van der Waals surface area contributed by atoms with Crippen LogP contribution in [0.2, 0.25) is 0 Å². The third-order valence-electron chi connectivity index (χ3n) is 4.57. The molecule has 0 atom stereocenters. The minimum Gasteiger partial charge on any atom is -0.461 e. The first-order valence-corrected chi connectivity index (χ1v) is 8.84. The topological polar surface area (TPSA) is 55.4 Å². The van der Waals surface area contributed by atoms with Gasteiger partial charge in [-0.2, -0.15) is 0 Å². The lowest BCUT2D eigenvalue weighted by atomic mass is 9.89. The lowest BCUT2D eigenvalue weighted by Crippen LogP contribution is -2.20. The molecule has 0 unspecified atom stereocenters. The van der Waals surface area contributed by atoms with Gasteiger partial charge in [0, 0.05) is 11.3 Å². The Balaban J connectivity index is 1.51. The predicted octanol–water partition coefficient (Wildman–Crippen LogP) is 4.56. The summed E-state index contributed by atoms with van der Waals surface area (Å²) < 4.78 is 5.42. The molecule has 0 saturated heterocycles. The SMILES string of the molecule is O=C(Nc1ccccc1)c1ccc(COC(=O)C2CCCCC2)cc1. The van der Waals surface area contributed by atoms with Crippen LogP contribution in [0.1, 0.15) is 48.0 Å². The zero-order valence-corrected chi connectivity index (χ0v) is 14.2. The van der Waals surface area contributed by atoms with E-state index in [0.29, 0.717) is 5.56 Å². The highest BCUT2D eigenvalue weighted by Gasteiger charge is 2.22. The molecule has 0 bridgehead atoms. The van der Waals surface area contributed by atoms with Gasteiger partial charge in [0.25, 0.3) is 5.91 Å². The molecule has 1 fully saturated rings. The second-order valence-corrected chi connectivity index (χ2v) is 6.46. The minimum absolute atomic E-state index is 0.0599. The number of esters is 1. The van der Waals surface area contributed by atoms with Crippen molar-refractivity contribution in [3.05, 3.63) is 65.7 Å². The van der Waals surface area contributed by atoms with Gasteiger partial charge in [0.15, 0.2) is 0 Å². The van der Waals surface area contributed by atoms with Gasteiger partial charge in [0.05, 0.1) is 5.92 Å². The molecule has 2 aromatic carbocycles. The fraction of sp³-hybridized carbons (Fsp3) is 0.333. The summed E-state index contributed by atoms with van der Waals surface area (Å²) in [7, 11) is 0. The average Bonchev–Trinajstić information content (AvgIpc) is 2.68. The van der Waals surface area contributed by atoms with Crippen molar-refractivity contribution in [1.82, 2.24) is 0 Å². The zero-order valence-electron chi connectivity index (χ0n) is 14.2. The molecule has 0 radical (unpaired) electrons. The first-order chi connectivity index (χ1) is 12.2. The summed E-state index contributed by atoms with van der Waals surface area (Å²) in [4.78, 5) is 24.3. The number of hydrogen-bond acceptors (Lipinski definition) is 3. The highest BCUT2D eigenvalue weighted by molar-refractivity contribution is 6.04. The summed E-state index contributed by atoms with van der Waals surface area (Å²) in [6.07, 6.45) is 5.33. The van der Waals surface area contributed by atoms with E-state index >= 15 is 0 Å². The molecule has 1 N–H and O–H groups in total. The van der Waals surface area contributed by atoms with Crippen molar-refractivity contribution in [2.45, 2.75) is 38.7 Å². The van der Waals surface area contributed by atoms with Crippen LogP contribution in [0.3, 0.4) is 0 Å². The Bertz CT molecular complexity index is 704. The molecule has 0 spiro atoms. The Morgan fingerprint density at radius 3 is 2.28 bits per heavy atom. The summed E-state index contributed by atoms with van der Waals surface area (Å²) in [5.74, 6) is -0.188. The van der Waals surface area contributed by atoms with Crippen molar-refractivity contribution >= 4 is 17.6 Å². The van der Waals surface area contributed by atoms with Gasteiger partial charge in [-0.1, -0.05) is 49.6 Å². The molecule has 1 saturated carbocycles. The van der Waals surface area contributed by atoms with E-state index in [-0.39, 0.29) is 24.4 Å². The number of carbonyl (C=O) groups is 2. The van der Waals surface area contributed by atoms with Gasteiger partial charge in [-0.25, -0.2) is 0 Å². The van der Waals surface area contributed by atoms with Crippen molar-refractivity contribution in [2.75, 3.05) is 5.32 Å². The molecule has 1 amide bonds. The van der Waals surface area contributed by atoms with Crippen molar-refractivity contribution in [2.24, 2.45) is 5.92 Å². The predicted molar refractivity (Wildman–Crippen MR) is 97.2 cm³/mol. The van der Waals surface area contributed by atoms with Gasteiger partial charge in [0.2, 0.25) is 0 Å². The maximum Gasteiger partial charge on any atom is 0.309 e. The number of ether oxygens (including phenoxy) is 1. The summed E-state index contributed by atoms with van der Waals surface area (Å²) in [6.45, 7) is 0.260. The number of amides is 1. The van der Waals surface area contributed by atoms with Gasteiger partial charge in [-0.15, -0.1) is 0 Å². The van der Waals surface area contributed by atoms with Crippen LogP contribution < -0.4 is 5.32 Å². The normalized spacial score (nSPS) is 14.7. The van der Waals surface area contributed by atoms with E-state index in [1.54, 1.807) is 12.1 Å². The second kappa shape index (κ2) is 8.47. The summed E-state index contributed by atoms with van der Waals surface area (Å²) in [5.41, 5.74) is 2.23. The van der Waals surface area contributed by atoms with Gasteiger partial charge in [0.1, 0.15) is 6.61 Å². The minimum atomic E-state index is -0.156. The van der Waals surface area contributed by atoms with Gasteiger partial charge >= 0.3 is 5.97 Å². The van der Waals surface area contributed by atoms with Crippen LogP contribution in [0.25, 0.3) is 0 Å². The number of anilines is 1. The number of carbonyl (C=O) groups excluding carboxylic acids is 2. The summed E-state index contributed by atoms with van der Waals surface area (Å²) >= 11 is 0. The Morgan fingerprint density at radius 1 is 0.920 bits per heavy atom. The van der Waals surface area contributed by atoms with E-state index in [9.17, 15) is 9.59 Å². The van der Waals surface area contributed by atoms with Gasteiger partial charge in [-0.3, -0.25) is 9.59 Å². The van der Waals surface area contributed by atoms with Crippen molar-refractivity contribution in [3.63, 3.8) is 0 Å². The van der Waals surface area contributed by atoms with Crippen LogP contribution in [0.5, 0.6) is 0 Å². The largest absolute Gasteiger partial charge is 0.461 e. The number of para-hydroxylation sites is 1. The number of benzene rings is 2. The molecule has 130 valence electrons. The lowest BCUT2D eigenvalue weighted by Gasteiger charge is -2.19. The average molecular weight is 337 g/mol. The Kier molecular flexibility index (Phi) is 5.83. The molecular formula is C21H23NO3. The second-order valence-electron chi connectivity index (χ2n) is 6.46. The van der Waals surface area contributed by atoms with E-state index in [4.69, 9.17) is 4.74 Å². The molecular weight excluding hydrogens is 314 g/mol. The van der Waals surface area contributed by atoms with Crippen molar-refractivity contribution in [1.29, 1.82) is 0 Å². The van der Waals surface area contributed by atoms with Gasteiger partial charge < -0.3 is 10.1 Å². The molecule has 4 nitrogen and oxygen atoms in total. The first kappa shape index (κ1) is 17.2. The van der Waals surface area contributed by atoms with Crippen LogP contribution in [-0.2, 0) is 16.1 Å². The molecule has 0 heterocycles. The van der Waals surface area contributed by atoms with E-state index in [1.165, 1.54) is 6.42 Å². The van der Waals surface area contributed by atoms with Crippen LogP contribution >= 0.6 is 0 Å². The maximum absolute atomic E-state index is 12.2. The third kappa shape index (κ3) is 4.92. The van der Waals surface area contributed by atoms with Crippen LogP contribution in [0.4, 0.5) is 5.69 Å². The number of nitrogens with one attached hydrogen (secondary N) is 1. The molecule has 3 rings (SSSR count). The summed E-state index contributed by atoms with van der Waals surface area (Å²) in [5, 5.41) is 2.85. The molecule has 2 aromatic rings. The first-order valence-electron chi connectivity index (χ1n) is 8.84. The molecule has 0 aliphatic heterocycles. The molecule has 1 aliphatic carbocycles. The van der Waals surface area contributed by atoms with Crippen LogP contribution in [0.15, 0.2) is 54.6 Å². The lowest BCUT2D eigenvalue weighted by molar-refractivity contribution is -0.151. The van der Waals surface area contributed by atoms with E-state index in [0.717, 1.165) is 36.9 Å². The van der Waals surface area contributed by atoms with E-state index in [1.807, 2.05) is 42.5 Å². The standard InChI is InChI=1S/C21H23NO3/c23-20(22-19-9-5-2-6-10-19)17-13-11-16(12-14-17)15-25-21(24)18-7-3-1-4-8-18/h2,5-6,9-14,18H,1,3-4,7-8,15H2,(H,22,23). The molecule has 1 aliphatic rings. The number of hydrogen-bond donors (Lipinski definition) is 1. The third-order valence-corrected chi connectivity index (χ3v) is 4.57. The van der Waals surface area contributed by atoms with E-state index in [2.05, 4.69) is 5.32 Å². The van der Waals surface area contributed by atoms with Gasteiger partial charge in [-0.05, 0) is 42.7 Å². The Labute approximate surface area is 148 Å².